The Morgan fingerprint density at radius 3 is 2.79 bits per heavy atom. The van der Waals surface area contributed by atoms with Gasteiger partial charge in [0.15, 0.2) is 0 Å². The third-order valence-corrected chi connectivity index (χ3v) is 4.99. The number of hydrogen-bond acceptors (Lipinski definition) is 5. The van der Waals surface area contributed by atoms with Crippen molar-refractivity contribution in [1.29, 1.82) is 0 Å². The van der Waals surface area contributed by atoms with Gasteiger partial charge in [-0.2, -0.15) is 4.31 Å². The molecule has 0 spiro atoms. The molecule has 1 fully saturated rings. The molecular weight excluding hydrogens is 268 g/mol. The second kappa shape index (κ2) is 5.77. The van der Waals surface area contributed by atoms with Crippen LogP contribution >= 0.6 is 0 Å². The molecule has 19 heavy (non-hydrogen) atoms. The molecule has 1 heterocycles. The number of hydrogen-bond donors (Lipinski definition) is 1. The monoisotopic (exact) mass is 286 g/mol. The number of sulfonamides is 1. The summed E-state index contributed by atoms with van der Waals surface area (Å²) in [5, 5.41) is 0. The Balaban J connectivity index is 2.32. The van der Waals surface area contributed by atoms with Crippen LogP contribution < -0.4 is 10.5 Å². The highest BCUT2D eigenvalue weighted by molar-refractivity contribution is 7.89. The van der Waals surface area contributed by atoms with Crippen LogP contribution in [0.3, 0.4) is 0 Å². The first kappa shape index (κ1) is 14.1. The number of nitrogen functional groups attached to an aromatic ring is 1. The highest BCUT2D eigenvalue weighted by atomic mass is 32.2. The van der Waals surface area contributed by atoms with E-state index in [1.54, 1.807) is 6.07 Å². The summed E-state index contributed by atoms with van der Waals surface area (Å²) in [6.07, 6.45) is 0.690. The molecule has 1 saturated heterocycles. The van der Waals surface area contributed by atoms with E-state index < -0.39 is 10.0 Å². The number of ether oxygens (including phenoxy) is 2. The Hall–Kier alpha value is -1.31. The predicted molar refractivity (Wildman–Crippen MR) is 71.6 cm³/mol. The molecule has 1 aliphatic heterocycles. The molecule has 0 saturated carbocycles. The summed E-state index contributed by atoms with van der Waals surface area (Å²) in [5.74, 6) is 0.538. The quantitative estimate of drug-likeness (QED) is 0.827. The topological polar surface area (TPSA) is 81.9 Å². The van der Waals surface area contributed by atoms with Crippen LogP contribution in [0.5, 0.6) is 5.75 Å². The van der Waals surface area contributed by atoms with Gasteiger partial charge in [-0.25, -0.2) is 8.42 Å². The minimum atomic E-state index is -3.57. The number of benzene rings is 1. The first-order chi connectivity index (χ1) is 9.05. The maximum Gasteiger partial charge on any atom is 0.245 e. The summed E-state index contributed by atoms with van der Waals surface area (Å²) >= 11 is 0. The maximum absolute atomic E-state index is 12.5. The zero-order valence-electron chi connectivity index (χ0n) is 10.8. The van der Waals surface area contributed by atoms with Gasteiger partial charge in [0.25, 0.3) is 0 Å². The first-order valence-electron chi connectivity index (χ1n) is 6.07. The summed E-state index contributed by atoms with van der Waals surface area (Å²) in [6.45, 7) is 1.81. The van der Waals surface area contributed by atoms with Gasteiger partial charge in [0, 0.05) is 25.8 Å². The third-order valence-electron chi connectivity index (χ3n) is 3.02. The fourth-order valence-electron chi connectivity index (χ4n) is 1.99. The van der Waals surface area contributed by atoms with Gasteiger partial charge in [-0.3, -0.25) is 0 Å². The minimum absolute atomic E-state index is 0.121. The summed E-state index contributed by atoms with van der Waals surface area (Å²) in [5.41, 5.74) is 6.01. The molecule has 6 nitrogen and oxygen atoms in total. The molecule has 7 heteroatoms. The van der Waals surface area contributed by atoms with Crippen LogP contribution in [0.15, 0.2) is 23.1 Å². The predicted octanol–water partition coefficient (Wildman–Crippen LogP) is 0.688. The molecule has 1 aliphatic rings. The lowest BCUT2D eigenvalue weighted by Gasteiger charge is -2.20. The van der Waals surface area contributed by atoms with Gasteiger partial charge in [-0.05, 0) is 18.6 Å². The van der Waals surface area contributed by atoms with Crippen LogP contribution in [0.1, 0.15) is 6.42 Å². The number of nitrogens with zero attached hydrogens (tertiary/aromatic N) is 1. The van der Waals surface area contributed by atoms with Crippen molar-refractivity contribution in [2.75, 3.05) is 39.1 Å². The molecular formula is C12H18N2O4S. The molecule has 0 radical (unpaired) electrons. The van der Waals surface area contributed by atoms with Gasteiger partial charge in [0.2, 0.25) is 10.0 Å². The Morgan fingerprint density at radius 2 is 2.11 bits per heavy atom. The van der Waals surface area contributed by atoms with Gasteiger partial charge in [-0.15, -0.1) is 0 Å². The van der Waals surface area contributed by atoms with E-state index in [0.29, 0.717) is 38.5 Å². The van der Waals surface area contributed by atoms with Gasteiger partial charge in [0.1, 0.15) is 10.6 Å². The van der Waals surface area contributed by atoms with Crippen LogP contribution in [0.25, 0.3) is 0 Å². The van der Waals surface area contributed by atoms with Crippen molar-refractivity contribution in [3.05, 3.63) is 18.2 Å². The van der Waals surface area contributed by atoms with Crippen molar-refractivity contribution in [3.8, 4) is 5.75 Å². The summed E-state index contributed by atoms with van der Waals surface area (Å²) in [4.78, 5) is 0.121. The molecule has 2 N–H and O–H groups in total. The average Bonchev–Trinajstić information content (AvgIpc) is 2.67. The van der Waals surface area contributed by atoms with Crippen LogP contribution in [0, 0.1) is 0 Å². The van der Waals surface area contributed by atoms with Crippen LogP contribution in [-0.4, -0.2) is 46.1 Å². The van der Waals surface area contributed by atoms with Gasteiger partial charge >= 0.3 is 0 Å². The Morgan fingerprint density at radius 1 is 1.32 bits per heavy atom. The molecule has 0 aromatic heterocycles. The van der Waals surface area contributed by atoms with E-state index in [2.05, 4.69) is 0 Å². The molecule has 0 unspecified atom stereocenters. The highest BCUT2D eigenvalue weighted by Gasteiger charge is 2.27. The lowest BCUT2D eigenvalue weighted by atomic mass is 10.3. The number of methoxy groups -OCH3 is 1. The van der Waals surface area contributed by atoms with E-state index >= 15 is 0 Å². The van der Waals surface area contributed by atoms with Crippen LogP contribution in [0.2, 0.25) is 0 Å². The smallest absolute Gasteiger partial charge is 0.245 e. The molecule has 1 aromatic rings. The van der Waals surface area contributed by atoms with Crippen molar-refractivity contribution >= 4 is 15.7 Å². The largest absolute Gasteiger partial charge is 0.497 e. The molecule has 0 aliphatic carbocycles. The van der Waals surface area contributed by atoms with Crippen molar-refractivity contribution in [2.45, 2.75) is 11.3 Å². The normalized spacial score (nSPS) is 17.9. The lowest BCUT2D eigenvalue weighted by molar-refractivity contribution is 0.148. The Bertz CT molecular complexity index is 537. The summed E-state index contributed by atoms with van der Waals surface area (Å²) in [7, 11) is -2.06. The molecule has 2 rings (SSSR count). The standard InChI is InChI=1S/C12H18N2O4S/c1-17-10-3-4-12(11(13)9-10)19(15,16)14-5-2-7-18-8-6-14/h3-4,9H,2,5-8,13H2,1H3. The summed E-state index contributed by atoms with van der Waals surface area (Å²) < 4.78 is 36.7. The van der Waals surface area contributed by atoms with E-state index in [4.69, 9.17) is 15.2 Å². The van der Waals surface area contributed by atoms with Crippen LogP contribution in [-0.2, 0) is 14.8 Å². The molecule has 0 bridgehead atoms. The average molecular weight is 286 g/mol. The number of anilines is 1. The fourth-order valence-corrected chi connectivity index (χ4v) is 3.55. The van der Waals surface area contributed by atoms with Crippen LogP contribution in [0.4, 0.5) is 5.69 Å². The van der Waals surface area contributed by atoms with Crippen molar-refractivity contribution in [3.63, 3.8) is 0 Å². The second-order valence-corrected chi connectivity index (χ2v) is 6.18. The lowest BCUT2D eigenvalue weighted by Crippen LogP contribution is -2.33. The minimum Gasteiger partial charge on any atom is -0.497 e. The molecule has 106 valence electrons. The third kappa shape index (κ3) is 2.99. The van der Waals surface area contributed by atoms with E-state index in [-0.39, 0.29) is 10.6 Å². The molecule has 0 atom stereocenters. The van der Waals surface area contributed by atoms with E-state index in [1.807, 2.05) is 0 Å². The van der Waals surface area contributed by atoms with Gasteiger partial charge < -0.3 is 15.2 Å². The first-order valence-corrected chi connectivity index (χ1v) is 7.51. The highest BCUT2D eigenvalue weighted by Crippen LogP contribution is 2.26. The molecule has 1 aromatic carbocycles. The van der Waals surface area contributed by atoms with E-state index in [0.717, 1.165) is 0 Å². The van der Waals surface area contributed by atoms with Crippen molar-refractivity contribution in [1.82, 2.24) is 4.31 Å². The van der Waals surface area contributed by atoms with Gasteiger partial charge in [-0.1, -0.05) is 0 Å². The van der Waals surface area contributed by atoms with Gasteiger partial charge in [0.05, 0.1) is 19.4 Å². The SMILES string of the molecule is COc1ccc(S(=O)(=O)N2CCCOCC2)c(N)c1. The second-order valence-electron chi connectivity index (χ2n) is 4.27. The van der Waals surface area contributed by atoms with Crippen molar-refractivity contribution in [2.24, 2.45) is 0 Å². The van der Waals surface area contributed by atoms with Crippen molar-refractivity contribution < 1.29 is 17.9 Å². The van der Waals surface area contributed by atoms with E-state index in [9.17, 15) is 8.42 Å². The number of nitrogens with two attached hydrogens (primary N) is 1. The number of rotatable bonds is 3. The summed E-state index contributed by atoms with van der Waals surface area (Å²) in [6, 6.07) is 4.59. The van der Waals surface area contributed by atoms with E-state index in [1.165, 1.54) is 23.5 Å². The zero-order chi connectivity index (χ0) is 13.9. The Kier molecular flexibility index (Phi) is 4.28. The fraction of sp³-hybridized carbons (Fsp3) is 0.500. The molecule has 0 amide bonds. The zero-order valence-corrected chi connectivity index (χ0v) is 11.6. The maximum atomic E-state index is 12.5. The Labute approximate surface area is 113 Å².